The molecular weight excluding hydrogens is 350 g/mol. The summed E-state index contributed by atoms with van der Waals surface area (Å²) in [7, 11) is 5.52. The fourth-order valence-electron chi connectivity index (χ4n) is 3.07. The number of hydrogen-bond acceptors (Lipinski definition) is 4. The van der Waals surface area contributed by atoms with Crippen LogP contribution in [0.15, 0.2) is 4.99 Å². The zero-order valence-corrected chi connectivity index (χ0v) is 17.5. The van der Waals surface area contributed by atoms with E-state index in [2.05, 4.69) is 11.9 Å². The molecule has 0 aromatic rings. The molecule has 0 aromatic carbocycles. The van der Waals surface area contributed by atoms with Crippen molar-refractivity contribution < 1.29 is 33.9 Å². The van der Waals surface area contributed by atoms with Crippen molar-refractivity contribution >= 4 is 17.8 Å². The second-order valence-corrected chi connectivity index (χ2v) is 8.22. The molecule has 0 saturated heterocycles. The Hall–Kier alpha value is -1.51. The van der Waals surface area contributed by atoms with Crippen LogP contribution in [0.3, 0.4) is 0 Å². The Morgan fingerprint density at radius 2 is 1.63 bits per heavy atom. The standard InChI is InChI=1S/C14H26N2O3.C5H11NO2/c1-2-3-4-5-6-7-8-13-15-9-10-16(13,12-17)11-14(18)19;1-6(2,3)4-5(7)8/h17H,2-12H2,1H3;4H2,1-3H3/p+2. The maximum atomic E-state index is 10.9. The molecule has 0 amide bonds. The fraction of sp³-hybridized carbons (Fsp3) is 0.842. The molecule has 3 N–H and O–H groups in total. The van der Waals surface area contributed by atoms with Gasteiger partial charge in [0.25, 0.3) is 0 Å². The summed E-state index contributed by atoms with van der Waals surface area (Å²) in [6, 6.07) is 0. The Morgan fingerprint density at radius 3 is 2.07 bits per heavy atom. The van der Waals surface area contributed by atoms with Crippen molar-refractivity contribution in [3.63, 3.8) is 0 Å². The van der Waals surface area contributed by atoms with Crippen LogP contribution in [0.2, 0.25) is 0 Å². The first kappa shape index (κ1) is 25.5. The van der Waals surface area contributed by atoms with Crippen molar-refractivity contribution in [2.45, 2.75) is 51.9 Å². The van der Waals surface area contributed by atoms with Crippen molar-refractivity contribution in [3.05, 3.63) is 0 Å². The number of nitrogens with zero attached hydrogens (tertiary/aromatic N) is 3. The monoisotopic (exact) mass is 389 g/mol. The lowest BCUT2D eigenvalue weighted by Crippen LogP contribution is -2.54. The summed E-state index contributed by atoms with van der Waals surface area (Å²) in [6.45, 7) is 3.44. The van der Waals surface area contributed by atoms with Gasteiger partial charge in [0.15, 0.2) is 19.8 Å². The molecule has 1 aliphatic rings. The zero-order chi connectivity index (χ0) is 20.9. The summed E-state index contributed by atoms with van der Waals surface area (Å²) < 4.78 is 0.625. The molecule has 27 heavy (non-hydrogen) atoms. The molecule has 0 saturated carbocycles. The number of aliphatic carboxylic acids is 2. The minimum absolute atomic E-state index is 0.0504. The number of likely N-dealkylation sites (N-methyl/N-ethyl adjacent to an activating group) is 1. The highest BCUT2D eigenvalue weighted by Crippen LogP contribution is 2.19. The highest BCUT2D eigenvalue weighted by molar-refractivity contribution is 5.79. The van der Waals surface area contributed by atoms with E-state index in [0.717, 1.165) is 25.1 Å². The first-order valence-corrected chi connectivity index (χ1v) is 9.81. The molecule has 1 rings (SSSR count). The third kappa shape index (κ3) is 11.7. The number of amidine groups is 1. The highest BCUT2D eigenvalue weighted by Gasteiger charge is 2.39. The predicted octanol–water partition coefficient (Wildman–Crippen LogP) is 1.78. The summed E-state index contributed by atoms with van der Waals surface area (Å²) in [5.74, 6) is -0.746. The Labute approximate surface area is 163 Å². The van der Waals surface area contributed by atoms with E-state index in [0.29, 0.717) is 17.6 Å². The lowest BCUT2D eigenvalue weighted by molar-refractivity contribution is -0.862. The SMILES string of the molecule is CCCCCCCCC1=NCC[N+]1(CO)CC(=O)O.C[N+](C)(C)CC(=O)O. The van der Waals surface area contributed by atoms with Crippen molar-refractivity contribution in [2.75, 3.05) is 54.1 Å². The molecular formula is C19H39N3O5+2. The van der Waals surface area contributed by atoms with Crippen LogP contribution in [0, 0.1) is 0 Å². The van der Waals surface area contributed by atoms with Gasteiger partial charge in [-0.3, -0.25) is 0 Å². The van der Waals surface area contributed by atoms with Gasteiger partial charge < -0.3 is 19.8 Å². The van der Waals surface area contributed by atoms with Gasteiger partial charge in [-0.05, 0) is 6.42 Å². The maximum absolute atomic E-state index is 10.9. The van der Waals surface area contributed by atoms with Gasteiger partial charge in [-0.2, -0.15) is 0 Å². The fourth-order valence-corrected chi connectivity index (χ4v) is 3.07. The molecule has 8 nitrogen and oxygen atoms in total. The summed E-state index contributed by atoms with van der Waals surface area (Å²) in [4.78, 5) is 25.3. The molecule has 0 spiro atoms. The third-order valence-corrected chi connectivity index (χ3v) is 4.44. The first-order chi connectivity index (χ1) is 12.6. The van der Waals surface area contributed by atoms with Gasteiger partial charge in [0.2, 0.25) is 5.84 Å². The predicted molar refractivity (Wildman–Crippen MR) is 106 cm³/mol. The lowest BCUT2D eigenvalue weighted by Gasteiger charge is -2.30. The average molecular weight is 390 g/mol. The molecule has 158 valence electrons. The zero-order valence-electron chi connectivity index (χ0n) is 17.5. The van der Waals surface area contributed by atoms with Crippen molar-refractivity contribution in [1.29, 1.82) is 0 Å². The molecule has 1 heterocycles. The van der Waals surface area contributed by atoms with Crippen LogP contribution in [-0.4, -0.2) is 96.1 Å². The topological polar surface area (TPSA) is 107 Å². The van der Waals surface area contributed by atoms with Crippen molar-refractivity contribution in [3.8, 4) is 0 Å². The molecule has 8 heteroatoms. The second-order valence-electron chi connectivity index (χ2n) is 8.22. The maximum Gasteiger partial charge on any atom is 0.359 e. The Morgan fingerprint density at radius 1 is 1.04 bits per heavy atom. The number of aliphatic imine (C=N–C) groups is 1. The Balaban J connectivity index is 0.000000713. The Kier molecular flexibility index (Phi) is 12.1. The summed E-state index contributed by atoms with van der Waals surface area (Å²) in [5, 5.41) is 26.7. The van der Waals surface area contributed by atoms with Gasteiger partial charge in [0, 0.05) is 6.42 Å². The van der Waals surface area contributed by atoms with Gasteiger partial charge in [-0.25, -0.2) is 19.1 Å². The van der Waals surface area contributed by atoms with E-state index < -0.39 is 11.9 Å². The van der Waals surface area contributed by atoms with Crippen LogP contribution in [0.4, 0.5) is 0 Å². The average Bonchev–Trinajstić information content (AvgIpc) is 2.91. The van der Waals surface area contributed by atoms with Crippen LogP contribution in [0.25, 0.3) is 0 Å². The van der Waals surface area contributed by atoms with Gasteiger partial charge >= 0.3 is 11.9 Å². The number of aliphatic hydroxyl groups excluding tert-OH is 1. The van der Waals surface area contributed by atoms with E-state index in [1.165, 1.54) is 25.7 Å². The minimum Gasteiger partial charge on any atom is -0.477 e. The number of rotatable bonds is 12. The molecule has 1 unspecified atom stereocenters. The van der Waals surface area contributed by atoms with Crippen molar-refractivity contribution in [2.24, 2.45) is 4.99 Å². The number of carboxylic acids is 2. The summed E-state index contributed by atoms with van der Waals surface area (Å²) in [6.07, 6.45) is 8.07. The van der Waals surface area contributed by atoms with Gasteiger partial charge in [-0.15, -0.1) is 0 Å². The van der Waals surface area contributed by atoms with Crippen LogP contribution >= 0.6 is 0 Å². The van der Waals surface area contributed by atoms with Gasteiger partial charge in [0.1, 0.15) is 6.54 Å². The largest absolute Gasteiger partial charge is 0.477 e. The van der Waals surface area contributed by atoms with Crippen LogP contribution in [0.5, 0.6) is 0 Å². The van der Waals surface area contributed by atoms with Crippen molar-refractivity contribution in [1.82, 2.24) is 0 Å². The van der Waals surface area contributed by atoms with E-state index >= 15 is 0 Å². The van der Waals surface area contributed by atoms with Crippen LogP contribution in [-0.2, 0) is 9.59 Å². The number of unbranched alkanes of at least 4 members (excludes halogenated alkanes) is 5. The molecule has 1 aliphatic heterocycles. The normalized spacial score (nSPS) is 19.2. The van der Waals surface area contributed by atoms with Gasteiger partial charge in [-0.1, -0.05) is 39.0 Å². The number of quaternary nitrogens is 2. The summed E-state index contributed by atoms with van der Waals surface area (Å²) >= 11 is 0. The molecule has 0 aromatic heterocycles. The summed E-state index contributed by atoms with van der Waals surface area (Å²) in [5.41, 5.74) is 0. The molecule has 0 radical (unpaired) electrons. The van der Waals surface area contributed by atoms with E-state index in [-0.39, 0.29) is 24.3 Å². The van der Waals surface area contributed by atoms with Crippen LogP contribution in [0.1, 0.15) is 51.9 Å². The van der Waals surface area contributed by atoms with E-state index in [1.807, 2.05) is 21.1 Å². The van der Waals surface area contributed by atoms with E-state index in [1.54, 1.807) is 0 Å². The minimum atomic E-state index is -0.869. The lowest BCUT2D eigenvalue weighted by atomic mass is 10.1. The number of carbonyl (C=O) groups is 2. The first-order valence-electron chi connectivity index (χ1n) is 9.81. The van der Waals surface area contributed by atoms with E-state index in [9.17, 15) is 14.7 Å². The smallest absolute Gasteiger partial charge is 0.359 e. The third-order valence-electron chi connectivity index (χ3n) is 4.44. The molecule has 0 fully saturated rings. The number of hydrogen-bond donors (Lipinski definition) is 3. The second kappa shape index (κ2) is 12.8. The van der Waals surface area contributed by atoms with Gasteiger partial charge in [0.05, 0.1) is 27.7 Å². The Bertz CT molecular complexity index is 488. The highest BCUT2D eigenvalue weighted by atomic mass is 16.4. The molecule has 0 bridgehead atoms. The number of aliphatic hydroxyl groups is 1. The molecule has 1 atom stereocenters. The van der Waals surface area contributed by atoms with Crippen LogP contribution < -0.4 is 0 Å². The quantitative estimate of drug-likeness (QED) is 0.348. The van der Waals surface area contributed by atoms with E-state index in [4.69, 9.17) is 10.2 Å². The molecule has 0 aliphatic carbocycles. The number of carboxylic acid groups (broad SMARTS) is 2.